The topological polar surface area (TPSA) is 40.2 Å². The summed E-state index contributed by atoms with van der Waals surface area (Å²) in [5.74, 6) is 2.06. The number of thioether (sulfide) groups is 2. The Morgan fingerprint density at radius 2 is 1.97 bits per heavy atom. The van der Waals surface area contributed by atoms with Gasteiger partial charge in [0.1, 0.15) is 24.4 Å². The minimum absolute atomic E-state index is 0.0747. The van der Waals surface area contributed by atoms with Gasteiger partial charge >= 0.3 is 0 Å². The summed E-state index contributed by atoms with van der Waals surface area (Å²) in [6, 6.07) is 10.5. The Bertz CT molecular complexity index is 629. The largest absolute Gasteiger partial charge is 0.370 e. The monoisotopic (exact) mass is 453 g/mol. The van der Waals surface area contributed by atoms with Gasteiger partial charge in [0, 0.05) is 7.05 Å². The molecule has 2 heterocycles. The van der Waals surface area contributed by atoms with Crippen molar-refractivity contribution >= 4 is 23.5 Å². The van der Waals surface area contributed by atoms with Crippen LogP contribution in [-0.4, -0.2) is 71.9 Å². The van der Waals surface area contributed by atoms with Crippen LogP contribution < -0.4 is 0 Å². The van der Waals surface area contributed by atoms with Crippen molar-refractivity contribution in [2.75, 3.05) is 31.8 Å². The summed E-state index contributed by atoms with van der Waals surface area (Å²) < 4.78 is 19.6. The first-order valence-corrected chi connectivity index (χ1v) is 12.9. The van der Waals surface area contributed by atoms with Crippen LogP contribution in [0.3, 0.4) is 0 Å². The van der Waals surface area contributed by atoms with Crippen LogP contribution in [0.25, 0.3) is 0 Å². The summed E-state index contributed by atoms with van der Waals surface area (Å²) in [5.41, 5.74) is 1.17. The maximum Gasteiger partial charge on any atom is 0.113 e. The van der Waals surface area contributed by atoms with Crippen LogP contribution in [0.5, 0.6) is 0 Å². The molecule has 0 unspecified atom stereocenters. The summed E-state index contributed by atoms with van der Waals surface area (Å²) in [5, 5.41) is 1.96. The highest BCUT2D eigenvalue weighted by Gasteiger charge is 2.49. The number of hydrogen-bond donors (Lipinski definition) is 0. The van der Waals surface area contributed by atoms with Crippen molar-refractivity contribution in [2.24, 2.45) is 0 Å². The number of likely N-dealkylation sites (N-methyl/N-ethyl adjacent to an activating group) is 1. The average molecular weight is 454 g/mol. The quantitative estimate of drug-likeness (QED) is 0.344. The molecule has 2 aliphatic rings. The van der Waals surface area contributed by atoms with Gasteiger partial charge in [0.15, 0.2) is 0 Å². The Balaban J connectivity index is 1.86. The van der Waals surface area contributed by atoms with Crippen molar-refractivity contribution in [2.45, 2.75) is 61.9 Å². The highest BCUT2D eigenvalue weighted by Crippen LogP contribution is 2.38. The third-order valence-electron chi connectivity index (χ3n) is 5.41. The molecule has 1 aromatic rings. The van der Waals surface area contributed by atoms with Gasteiger partial charge in [-0.05, 0) is 23.5 Å². The van der Waals surface area contributed by atoms with E-state index in [0.717, 1.165) is 17.9 Å². The van der Waals surface area contributed by atoms with Gasteiger partial charge in [0.05, 0.1) is 30.4 Å². The first-order valence-electron chi connectivity index (χ1n) is 10.8. The zero-order valence-corrected chi connectivity index (χ0v) is 19.9. The van der Waals surface area contributed by atoms with E-state index in [9.17, 15) is 0 Å². The van der Waals surface area contributed by atoms with Crippen LogP contribution in [0.4, 0.5) is 0 Å². The standard InChI is InChI=1S/C23H35NO4S2/c1-5-13-25-20-19-14-18(28-24(19)4)16-27-21(20)22(23(29-6-2)30-7-3)26-15-17-11-9-8-10-12-17/h5,8-12,18-23H,1,6-7,13-16H2,2-4H3/t18-,19+,20-,21+,22-/m1/s1. The van der Waals surface area contributed by atoms with Crippen LogP contribution in [0.1, 0.15) is 25.8 Å². The van der Waals surface area contributed by atoms with Gasteiger partial charge < -0.3 is 14.2 Å². The summed E-state index contributed by atoms with van der Waals surface area (Å²) in [7, 11) is 2.00. The fourth-order valence-corrected chi connectivity index (χ4v) is 6.78. The maximum absolute atomic E-state index is 6.61. The molecule has 168 valence electrons. The van der Waals surface area contributed by atoms with Crippen LogP contribution in [0.2, 0.25) is 0 Å². The third-order valence-corrected chi connectivity index (χ3v) is 8.09. The van der Waals surface area contributed by atoms with Crippen molar-refractivity contribution in [3.8, 4) is 0 Å². The molecule has 0 radical (unpaired) electrons. The molecule has 0 spiro atoms. The molecular formula is C23H35NO4S2. The molecule has 5 nitrogen and oxygen atoms in total. The zero-order chi connectivity index (χ0) is 21.3. The summed E-state index contributed by atoms with van der Waals surface area (Å²) in [4.78, 5) is 5.94. The number of hydrogen-bond acceptors (Lipinski definition) is 7. The number of hydroxylamine groups is 2. The van der Waals surface area contributed by atoms with E-state index >= 15 is 0 Å². The highest BCUT2D eigenvalue weighted by molar-refractivity contribution is 8.17. The average Bonchev–Trinajstić information content (AvgIpc) is 3.02. The Hall–Kier alpha value is -0.540. The Morgan fingerprint density at radius 1 is 1.23 bits per heavy atom. The number of ether oxygens (including phenoxy) is 3. The van der Waals surface area contributed by atoms with Gasteiger partial charge in [-0.2, -0.15) is 5.06 Å². The molecule has 3 rings (SSSR count). The van der Waals surface area contributed by atoms with Crippen LogP contribution in [0, 0.1) is 0 Å². The lowest BCUT2D eigenvalue weighted by molar-refractivity contribution is -0.230. The molecule has 0 N–H and O–H groups in total. The lowest BCUT2D eigenvalue weighted by Crippen LogP contribution is -2.54. The molecule has 2 saturated heterocycles. The summed E-state index contributed by atoms with van der Waals surface area (Å²) in [6.45, 7) is 9.84. The van der Waals surface area contributed by atoms with Gasteiger partial charge in [0.2, 0.25) is 0 Å². The van der Waals surface area contributed by atoms with E-state index in [1.807, 2.05) is 41.7 Å². The van der Waals surface area contributed by atoms with Gasteiger partial charge in [-0.3, -0.25) is 4.84 Å². The first-order chi connectivity index (χ1) is 14.7. The number of rotatable bonds is 12. The highest BCUT2D eigenvalue weighted by atomic mass is 32.2. The number of nitrogens with zero attached hydrogens (tertiary/aromatic N) is 1. The van der Waals surface area contributed by atoms with Crippen molar-refractivity contribution < 1.29 is 19.0 Å². The molecule has 0 aliphatic carbocycles. The van der Waals surface area contributed by atoms with E-state index in [2.05, 4.69) is 44.7 Å². The van der Waals surface area contributed by atoms with Crippen molar-refractivity contribution in [1.29, 1.82) is 0 Å². The molecular weight excluding hydrogens is 418 g/mol. The Morgan fingerprint density at radius 3 is 2.63 bits per heavy atom. The van der Waals surface area contributed by atoms with E-state index in [0.29, 0.717) is 19.8 Å². The molecule has 2 fully saturated rings. The summed E-state index contributed by atoms with van der Waals surface area (Å²) in [6.07, 6.45) is 2.38. The van der Waals surface area contributed by atoms with Crippen LogP contribution in [-0.2, 0) is 25.7 Å². The molecule has 2 aliphatic heterocycles. The van der Waals surface area contributed by atoms with Gasteiger partial charge in [-0.1, -0.05) is 50.3 Å². The van der Waals surface area contributed by atoms with Crippen LogP contribution >= 0.6 is 23.5 Å². The first kappa shape index (κ1) is 24.1. The van der Waals surface area contributed by atoms with E-state index in [1.54, 1.807) is 6.08 Å². The lowest BCUT2D eigenvalue weighted by Gasteiger charge is -2.40. The molecule has 7 heteroatoms. The smallest absolute Gasteiger partial charge is 0.113 e. The predicted molar refractivity (Wildman–Crippen MR) is 126 cm³/mol. The summed E-state index contributed by atoms with van der Waals surface area (Å²) >= 11 is 3.86. The second kappa shape index (κ2) is 12.5. The Kier molecular flexibility index (Phi) is 10.0. The minimum Gasteiger partial charge on any atom is -0.370 e. The van der Waals surface area contributed by atoms with Gasteiger partial charge in [0.25, 0.3) is 0 Å². The van der Waals surface area contributed by atoms with Crippen molar-refractivity contribution in [3.05, 3.63) is 48.6 Å². The van der Waals surface area contributed by atoms with E-state index in [1.165, 1.54) is 5.56 Å². The molecule has 2 bridgehead atoms. The van der Waals surface area contributed by atoms with Gasteiger partial charge in [-0.15, -0.1) is 30.1 Å². The van der Waals surface area contributed by atoms with E-state index in [-0.39, 0.29) is 35.0 Å². The number of benzene rings is 1. The Labute approximate surface area is 189 Å². The zero-order valence-electron chi connectivity index (χ0n) is 18.3. The maximum atomic E-state index is 6.61. The second-order valence-electron chi connectivity index (χ2n) is 7.50. The number of fused-ring (bicyclic) bond motifs is 2. The third kappa shape index (κ3) is 6.25. The van der Waals surface area contributed by atoms with E-state index < -0.39 is 0 Å². The minimum atomic E-state index is -0.168. The van der Waals surface area contributed by atoms with E-state index in [4.69, 9.17) is 19.0 Å². The molecule has 1 aromatic carbocycles. The predicted octanol–water partition coefficient (Wildman–Crippen LogP) is 4.38. The SMILES string of the molecule is C=CCO[C@H]1[C@@H]([C@@H](OCc2ccccc2)C(SCC)SCC)OC[C@H]2C[C@@H]1N(C)O2. The molecule has 0 amide bonds. The molecule has 0 aromatic heterocycles. The lowest BCUT2D eigenvalue weighted by atomic mass is 9.98. The fraction of sp³-hybridized carbons (Fsp3) is 0.652. The van der Waals surface area contributed by atoms with Crippen LogP contribution in [0.15, 0.2) is 43.0 Å². The molecule has 30 heavy (non-hydrogen) atoms. The molecule has 0 saturated carbocycles. The van der Waals surface area contributed by atoms with Gasteiger partial charge in [-0.25, -0.2) is 0 Å². The van der Waals surface area contributed by atoms with Crippen molar-refractivity contribution in [3.63, 3.8) is 0 Å². The normalized spacial score (nSPS) is 27.9. The molecule has 5 atom stereocenters. The van der Waals surface area contributed by atoms with Crippen molar-refractivity contribution in [1.82, 2.24) is 5.06 Å². The second-order valence-corrected chi connectivity index (χ2v) is 10.6. The fourth-order valence-electron chi connectivity index (χ4n) is 4.07.